The van der Waals surface area contributed by atoms with Gasteiger partial charge in [0.2, 0.25) is 0 Å². The summed E-state index contributed by atoms with van der Waals surface area (Å²) in [5.41, 5.74) is 7.69. The van der Waals surface area contributed by atoms with E-state index in [4.69, 9.17) is 10.5 Å². The topological polar surface area (TPSA) is 129 Å². The van der Waals surface area contributed by atoms with Gasteiger partial charge in [0.1, 0.15) is 5.75 Å². The molecule has 10 heteroatoms. The smallest absolute Gasteiger partial charge is 0.323 e. The molecule has 0 spiro atoms. The Morgan fingerprint density at radius 3 is 1.91 bits per heavy atom. The van der Waals surface area contributed by atoms with Gasteiger partial charge >= 0.3 is 12.1 Å². The number of nitrogens with one attached hydrogen (secondary N) is 3. The Bertz CT molecular complexity index is 948. The first-order valence-electron chi connectivity index (χ1n) is 10.3. The van der Waals surface area contributed by atoms with E-state index in [0.29, 0.717) is 17.1 Å². The van der Waals surface area contributed by atoms with Crippen molar-refractivity contribution in [3.05, 3.63) is 54.1 Å². The maximum absolute atomic E-state index is 12.9. The fourth-order valence-electron chi connectivity index (χ4n) is 3.33. The van der Waals surface area contributed by atoms with Crippen LogP contribution in [0.1, 0.15) is 5.56 Å². The summed E-state index contributed by atoms with van der Waals surface area (Å²) in [6, 6.07) is 13.2. The van der Waals surface area contributed by atoms with Gasteiger partial charge in [-0.1, -0.05) is 17.7 Å². The van der Waals surface area contributed by atoms with E-state index in [0.717, 1.165) is 5.56 Å². The average Bonchev–Trinajstić information content (AvgIpc) is 3.25. The van der Waals surface area contributed by atoms with Gasteiger partial charge in [0.15, 0.2) is 6.17 Å². The first kappa shape index (κ1) is 22.9. The summed E-state index contributed by atoms with van der Waals surface area (Å²) in [4.78, 5) is 41.4. The Hall–Kier alpha value is -3.79. The van der Waals surface area contributed by atoms with Crippen LogP contribution in [0.4, 0.5) is 21.0 Å². The number of ether oxygens (including phenoxy) is 1. The lowest BCUT2D eigenvalue weighted by molar-refractivity contribution is -0.127. The first-order valence-corrected chi connectivity index (χ1v) is 10.3. The normalized spacial score (nSPS) is 15.3. The summed E-state index contributed by atoms with van der Waals surface area (Å²) in [7, 11) is 1.55. The number of methoxy groups -OCH3 is 1. The minimum Gasteiger partial charge on any atom is -0.497 e. The molecule has 3 rings (SSSR count). The van der Waals surface area contributed by atoms with E-state index >= 15 is 0 Å². The number of carbonyl (C=O) groups is 3. The molecule has 0 bridgehead atoms. The van der Waals surface area contributed by atoms with Crippen LogP contribution in [0.2, 0.25) is 0 Å². The Morgan fingerprint density at radius 2 is 1.44 bits per heavy atom. The Kier molecular flexibility index (Phi) is 7.50. The molecule has 0 radical (unpaired) electrons. The maximum Gasteiger partial charge on any atom is 0.323 e. The Balaban J connectivity index is 1.75. The molecular formula is C22H28N6O4. The van der Waals surface area contributed by atoms with Crippen LogP contribution in [0.25, 0.3) is 0 Å². The highest BCUT2D eigenvalue weighted by Gasteiger charge is 2.42. The number of urea groups is 2. The summed E-state index contributed by atoms with van der Waals surface area (Å²) in [6.07, 6.45) is -1.11. The highest BCUT2D eigenvalue weighted by atomic mass is 16.5. The van der Waals surface area contributed by atoms with Crippen LogP contribution in [0.15, 0.2) is 48.5 Å². The molecule has 10 nitrogen and oxygen atoms in total. The molecule has 1 unspecified atom stereocenters. The van der Waals surface area contributed by atoms with E-state index in [9.17, 15) is 14.4 Å². The second-order valence-corrected chi connectivity index (χ2v) is 7.29. The van der Waals surface area contributed by atoms with E-state index in [2.05, 4.69) is 16.0 Å². The lowest BCUT2D eigenvalue weighted by Gasteiger charge is -2.29. The van der Waals surface area contributed by atoms with E-state index in [1.54, 1.807) is 43.5 Å². The van der Waals surface area contributed by atoms with Crippen LogP contribution in [0.5, 0.6) is 5.75 Å². The molecule has 1 fully saturated rings. The van der Waals surface area contributed by atoms with Crippen molar-refractivity contribution in [3.8, 4) is 5.75 Å². The zero-order valence-electron chi connectivity index (χ0n) is 18.1. The molecule has 0 aliphatic carbocycles. The largest absolute Gasteiger partial charge is 0.497 e. The number of nitrogens with zero attached hydrogens (tertiary/aromatic N) is 2. The van der Waals surface area contributed by atoms with Gasteiger partial charge in [0.05, 0.1) is 7.11 Å². The number of aryl methyl sites for hydroxylation is 1. The number of hydrogen-bond donors (Lipinski definition) is 4. The van der Waals surface area contributed by atoms with Gasteiger partial charge in [-0.15, -0.1) is 0 Å². The highest BCUT2D eigenvalue weighted by Crippen LogP contribution is 2.21. The standard InChI is InChI=1S/C22H28N6O4/c1-15-3-5-16(6-4-15)25-21(30)27-13-14-28(20(27)19(29)24-12-11-23)22(31)26-17-7-9-18(32-2)10-8-17/h3-10,20H,11-14,23H2,1-2H3,(H,24,29)(H,25,30)(H,26,31). The average molecular weight is 441 g/mol. The molecule has 2 aromatic rings. The summed E-state index contributed by atoms with van der Waals surface area (Å²) < 4.78 is 5.12. The second kappa shape index (κ2) is 10.5. The van der Waals surface area contributed by atoms with Gasteiger partial charge in [0, 0.05) is 37.6 Å². The van der Waals surface area contributed by atoms with E-state index in [-0.39, 0.29) is 26.2 Å². The number of nitrogens with two attached hydrogens (primary N) is 1. The molecule has 2 aromatic carbocycles. The van der Waals surface area contributed by atoms with Crippen molar-refractivity contribution < 1.29 is 19.1 Å². The zero-order valence-corrected chi connectivity index (χ0v) is 18.1. The van der Waals surface area contributed by atoms with E-state index < -0.39 is 24.1 Å². The molecule has 5 N–H and O–H groups in total. The summed E-state index contributed by atoms with van der Waals surface area (Å²) >= 11 is 0. The predicted molar refractivity (Wildman–Crippen MR) is 121 cm³/mol. The van der Waals surface area contributed by atoms with Crippen molar-refractivity contribution >= 4 is 29.3 Å². The van der Waals surface area contributed by atoms with Crippen molar-refractivity contribution in [2.75, 3.05) is 43.9 Å². The van der Waals surface area contributed by atoms with Crippen molar-refractivity contribution in [1.82, 2.24) is 15.1 Å². The van der Waals surface area contributed by atoms with Crippen molar-refractivity contribution in [1.29, 1.82) is 0 Å². The molecule has 1 heterocycles. The molecule has 0 aromatic heterocycles. The van der Waals surface area contributed by atoms with Gasteiger partial charge in [-0.2, -0.15) is 0 Å². The SMILES string of the molecule is COc1ccc(NC(=O)N2CCN(C(=O)Nc3ccc(C)cc3)C2C(=O)NCCN)cc1. The molecule has 0 saturated carbocycles. The van der Waals surface area contributed by atoms with Crippen LogP contribution in [-0.2, 0) is 4.79 Å². The van der Waals surface area contributed by atoms with Gasteiger partial charge in [-0.3, -0.25) is 14.6 Å². The van der Waals surface area contributed by atoms with Crippen LogP contribution >= 0.6 is 0 Å². The van der Waals surface area contributed by atoms with Crippen molar-refractivity contribution in [2.45, 2.75) is 13.1 Å². The number of hydrogen-bond acceptors (Lipinski definition) is 5. The number of benzene rings is 2. The van der Waals surface area contributed by atoms with Crippen molar-refractivity contribution in [2.24, 2.45) is 5.73 Å². The third-order valence-corrected chi connectivity index (χ3v) is 5.02. The molecular weight excluding hydrogens is 412 g/mol. The number of amides is 5. The molecule has 1 saturated heterocycles. The monoisotopic (exact) mass is 440 g/mol. The van der Waals surface area contributed by atoms with Crippen LogP contribution in [-0.4, -0.2) is 67.2 Å². The highest BCUT2D eigenvalue weighted by molar-refractivity contribution is 5.98. The maximum atomic E-state index is 12.9. The van der Waals surface area contributed by atoms with E-state index in [1.807, 2.05) is 19.1 Å². The van der Waals surface area contributed by atoms with Gasteiger partial charge in [-0.05, 0) is 43.3 Å². The zero-order chi connectivity index (χ0) is 23.1. The fourth-order valence-corrected chi connectivity index (χ4v) is 3.33. The lowest BCUT2D eigenvalue weighted by Crippen LogP contribution is -2.55. The summed E-state index contributed by atoms with van der Waals surface area (Å²) in [5, 5.41) is 8.21. The Morgan fingerprint density at radius 1 is 0.938 bits per heavy atom. The number of anilines is 2. The molecule has 170 valence electrons. The lowest BCUT2D eigenvalue weighted by atomic mass is 10.2. The van der Waals surface area contributed by atoms with Gasteiger partial charge in [0.25, 0.3) is 5.91 Å². The quantitative estimate of drug-likeness (QED) is 0.544. The summed E-state index contributed by atoms with van der Waals surface area (Å²) in [5.74, 6) is 0.180. The van der Waals surface area contributed by atoms with Crippen LogP contribution in [0, 0.1) is 6.92 Å². The minimum absolute atomic E-state index is 0.198. The molecule has 5 amide bonds. The molecule has 1 aliphatic heterocycles. The molecule has 32 heavy (non-hydrogen) atoms. The number of rotatable bonds is 6. The molecule has 1 atom stereocenters. The Labute approximate surface area is 186 Å². The third-order valence-electron chi connectivity index (χ3n) is 5.02. The number of carbonyl (C=O) groups excluding carboxylic acids is 3. The summed E-state index contributed by atoms with van der Waals surface area (Å²) in [6.45, 7) is 2.82. The predicted octanol–water partition coefficient (Wildman–Crippen LogP) is 1.79. The minimum atomic E-state index is -1.11. The fraction of sp³-hybridized carbons (Fsp3) is 0.318. The van der Waals surface area contributed by atoms with Crippen LogP contribution in [0.3, 0.4) is 0 Å². The second-order valence-electron chi connectivity index (χ2n) is 7.29. The van der Waals surface area contributed by atoms with Crippen LogP contribution < -0.4 is 26.4 Å². The van der Waals surface area contributed by atoms with Gasteiger partial charge in [-0.25, -0.2) is 9.59 Å². The third kappa shape index (κ3) is 5.46. The van der Waals surface area contributed by atoms with Crippen molar-refractivity contribution in [3.63, 3.8) is 0 Å². The first-order chi connectivity index (χ1) is 15.4. The molecule has 1 aliphatic rings. The van der Waals surface area contributed by atoms with E-state index in [1.165, 1.54) is 9.80 Å². The van der Waals surface area contributed by atoms with Gasteiger partial charge < -0.3 is 26.4 Å².